The van der Waals surface area contributed by atoms with Crippen molar-refractivity contribution in [2.24, 2.45) is 5.18 Å². The van der Waals surface area contributed by atoms with Crippen molar-refractivity contribution in [1.29, 1.82) is 0 Å². The van der Waals surface area contributed by atoms with E-state index in [9.17, 15) is 4.91 Å². The number of benzene rings is 1. The molecule has 19 heavy (non-hydrogen) atoms. The Morgan fingerprint density at radius 3 is 2.84 bits per heavy atom. The van der Waals surface area contributed by atoms with E-state index in [1.54, 1.807) is 25.3 Å². The maximum absolute atomic E-state index is 10.6. The summed E-state index contributed by atoms with van der Waals surface area (Å²) in [6.07, 6.45) is 0. The summed E-state index contributed by atoms with van der Waals surface area (Å²) >= 11 is 5.34. The third kappa shape index (κ3) is 3.39. The van der Waals surface area contributed by atoms with Crippen LogP contribution in [0.15, 0.2) is 23.4 Å². The quantitative estimate of drug-likeness (QED) is 0.676. The van der Waals surface area contributed by atoms with E-state index in [0.717, 1.165) is 13.1 Å². The summed E-state index contributed by atoms with van der Waals surface area (Å²) in [6.45, 7) is 2.82. The van der Waals surface area contributed by atoms with Crippen molar-refractivity contribution < 1.29 is 9.47 Å². The number of nitroso groups, excluding NO2 is 1. The highest BCUT2D eigenvalue weighted by atomic mass is 32.1. The van der Waals surface area contributed by atoms with Gasteiger partial charge in [-0.25, -0.2) is 0 Å². The second-order valence-corrected chi connectivity index (χ2v) is 4.39. The Labute approximate surface area is 116 Å². The fourth-order valence-electron chi connectivity index (χ4n) is 1.81. The fraction of sp³-hybridized carbons (Fsp3) is 0.417. The van der Waals surface area contributed by atoms with E-state index >= 15 is 0 Å². The number of methoxy groups -OCH3 is 1. The zero-order chi connectivity index (χ0) is 13.7. The van der Waals surface area contributed by atoms with E-state index in [1.807, 2.05) is 4.90 Å². The molecule has 0 amide bonds. The van der Waals surface area contributed by atoms with Crippen LogP contribution in [0.2, 0.25) is 0 Å². The van der Waals surface area contributed by atoms with Crippen molar-refractivity contribution in [3.63, 3.8) is 0 Å². The highest BCUT2D eigenvalue weighted by molar-refractivity contribution is 7.80. The molecule has 7 heteroatoms. The lowest BCUT2D eigenvalue weighted by atomic mass is 10.2. The normalized spacial score (nSPS) is 14.9. The van der Waals surface area contributed by atoms with Crippen LogP contribution < -0.4 is 10.1 Å². The third-order valence-electron chi connectivity index (χ3n) is 2.83. The minimum Gasteiger partial charge on any atom is -0.495 e. The predicted octanol–water partition coefficient (Wildman–Crippen LogP) is 2.12. The van der Waals surface area contributed by atoms with Gasteiger partial charge >= 0.3 is 0 Å². The average Bonchev–Trinajstić information content (AvgIpc) is 2.48. The molecule has 1 saturated heterocycles. The maximum Gasteiger partial charge on any atom is 0.173 e. The van der Waals surface area contributed by atoms with Crippen LogP contribution in [-0.4, -0.2) is 43.4 Å². The van der Waals surface area contributed by atoms with Gasteiger partial charge in [0.05, 0.1) is 26.0 Å². The second-order valence-electron chi connectivity index (χ2n) is 4.01. The summed E-state index contributed by atoms with van der Waals surface area (Å²) in [6, 6.07) is 4.88. The van der Waals surface area contributed by atoms with E-state index in [-0.39, 0.29) is 0 Å². The SMILES string of the molecule is COc1ccc(N=O)cc1NC(=S)N1CCOCC1. The van der Waals surface area contributed by atoms with Crippen LogP contribution in [0.1, 0.15) is 0 Å². The van der Waals surface area contributed by atoms with Crippen molar-refractivity contribution >= 4 is 28.7 Å². The van der Waals surface area contributed by atoms with Crippen molar-refractivity contribution in [3.05, 3.63) is 23.1 Å². The van der Waals surface area contributed by atoms with Gasteiger partial charge in [0.25, 0.3) is 0 Å². The number of rotatable bonds is 3. The van der Waals surface area contributed by atoms with Crippen LogP contribution in [0.3, 0.4) is 0 Å². The molecule has 1 heterocycles. The van der Waals surface area contributed by atoms with Gasteiger partial charge in [-0.1, -0.05) is 0 Å². The van der Waals surface area contributed by atoms with Crippen LogP contribution in [0.25, 0.3) is 0 Å². The minimum atomic E-state index is 0.327. The molecule has 1 fully saturated rings. The summed E-state index contributed by atoms with van der Waals surface area (Å²) in [7, 11) is 1.56. The molecule has 1 aliphatic rings. The summed E-state index contributed by atoms with van der Waals surface area (Å²) in [5.74, 6) is 0.614. The van der Waals surface area contributed by atoms with Gasteiger partial charge in [0.1, 0.15) is 11.4 Å². The Morgan fingerprint density at radius 2 is 2.21 bits per heavy atom. The Bertz CT molecular complexity index is 475. The molecule has 0 bridgehead atoms. The van der Waals surface area contributed by atoms with Gasteiger partial charge in [0.15, 0.2) is 5.11 Å². The molecule has 2 rings (SSSR count). The molecular weight excluding hydrogens is 266 g/mol. The van der Waals surface area contributed by atoms with E-state index in [1.165, 1.54) is 0 Å². The zero-order valence-corrected chi connectivity index (χ0v) is 11.4. The van der Waals surface area contributed by atoms with Crippen molar-refractivity contribution in [3.8, 4) is 5.75 Å². The number of anilines is 1. The lowest BCUT2D eigenvalue weighted by Gasteiger charge is -2.29. The molecule has 1 aliphatic heterocycles. The molecule has 6 nitrogen and oxygen atoms in total. The molecule has 1 aromatic rings. The first-order chi connectivity index (χ1) is 9.24. The van der Waals surface area contributed by atoms with Crippen LogP contribution in [0.4, 0.5) is 11.4 Å². The van der Waals surface area contributed by atoms with Gasteiger partial charge in [0.2, 0.25) is 0 Å². The number of morpholine rings is 1. The van der Waals surface area contributed by atoms with Crippen molar-refractivity contribution in [2.75, 3.05) is 38.7 Å². The lowest BCUT2D eigenvalue weighted by Crippen LogP contribution is -2.42. The summed E-state index contributed by atoms with van der Waals surface area (Å²) in [5.41, 5.74) is 0.962. The summed E-state index contributed by atoms with van der Waals surface area (Å²) < 4.78 is 10.5. The highest BCUT2D eigenvalue weighted by Crippen LogP contribution is 2.29. The topological polar surface area (TPSA) is 63.2 Å². The molecule has 0 saturated carbocycles. The molecule has 1 aromatic carbocycles. The first-order valence-corrected chi connectivity index (χ1v) is 6.30. The molecule has 0 aromatic heterocycles. The second kappa shape index (κ2) is 6.44. The Kier molecular flexibility index (Phi) is 4.64. The molecular formula is C12H15N3O3S. The number of hydrogen-bond acceptors (Lipinski definition) is 5. The standard InChI is InChI=1S/C12H15N3O3S/c1-17-11-3-2-9(14-16)8-10(11)13-12(19)15-4-6-18-7-5-15/h2-3,8H,4-7H2,1H3,(H,13,19). The fourth-order valence-corrected chi connectivity index (χ4v) is 2.10. The van der Waals surface area contributed by atoms with Gasteiger partial charge in [0, 0.05) is 13.1 Å². The van der Waals surface area contributed by atoms with Crippen LogP contribution in [0.5, 0.6) is 5.75 Å². The average molecular weight is 281 g/mol. The van der Waals surface area contributed by atoms with Gasteiger partial charge < -0.3 is 19.7 Å². The largest absolute Gasteiger partial charge is 0.495 e. The van der Waals surface area contributed by atoms with Crippen LogP contribution in [0, 0.1) is 4.91 Å². The molecule has 0 unspecified atom stereocenters. The summed E-state index contributed by atoms with van der Waals surface area (Å²) in [4.78, 5) is 12.6. The number of hydrogen-bond donors (Lipinski definition) is 1. The Balaban J connectivity index is 2.12. The smallest absolute Gasteiger partial charge is 0.173 e. The van der Waals surface area contributed by atoms with E-state index in [4.69, 9.17) is 21.7 Å². The Morgan fingerprint density at radius 1 is 1.47 bits per heavy atom. The van der Waals surface area contributed by atoms with Gasteiger partial charge in [-0.05, 0) is 35.6 Å². The monoisotopic (exact) mass is 281 g/mol. The molecule has 0 radical (unpaired) electrons. The molecule has 0 atom stereocenters. The van der Waals surface area contributed by atoms with Crippen LogP contribution in [-0.2, 0) is 4.74 Å². The highest BCUT2D eigenvalue weighted by Gasteiger charge is 2.15. The number of ether oxygens (including phenoxy) is 2. The molecule has 0 aliphatic carbocycles. The number of nitrogens with one attached hydrogen (secondary N) is 1. The summed E-state index contributed by atoms with van der Waals surface area (Å²) in [5, 5.41) is 6.58. The van der Waals surface area contributed by atoms with Gasteiger partial charge in [-0.15, -0.1) is 4.91 Å². The first-order valence-electron chi connectivity index (χ1n) is 5.89. The van der Waals surface area contributed by atoms with Crippen molar-refractivity contribution in [2.45, 2.75) is 0 Å². The van der Waals surface area contributed by atoms with E-state index < -0.39 is 0 Å². The lowest BCUT2D eigenvalue weighted by molar-refractivity contribution is 0.0690. The Hall–Kier alpha value is -1.73. The maximum atomic E-state index is 10.6. The van der Waals surface area contributed by atoms with Gasteiger partial charge in [-0.3, -0.25) is 0 Å². The zero-order valence-electron chi connectivity index (χ0n) is 10.6. The third-order valence-corrected chi connectivity index (χ3v) is 3.19. The number of thiocarbonyl (C=S) groups is 1. The molecule has 0 spiro atoms. The van der Waals surface area contributed by atoms with E-state index in [2.05, 4.69) is 10.5 Å². The van der Waals surface area contributed by atoms with E-state index in [0.29, 0.717) is 35.5 Å². The first kappa shape index (κ1) is 13.7. The molecule has 1 N–H and O–H groups in total. The van der Waals surface area contributed by atoms with Crippen LogP contribution >= 0.6 is 12.2 Å². The van der Waals surface area contributed by atoms with Gasteiger partial charge in [-0.2, -0.15) is 0 Å². The molecule has 102 valence electrons. The predicted molar refractivity (Wildman–Crippen MR) is 77.1 cm³/mol. The minimum absolute atomic E-state index is 0.327. The van der Waals surface area contributed by atoms with Crippen molar-refractivity contribution in [1.82, 2.24) is 4.90 Å². The number of nitrogens with zero attached hydrogens (tertiary/aromatic N) is 2.